The second kappa shape index (κ2) is 17.3. The Morgan fingerprint density at radius 2 is 0.438 bits per heavy atom. The maximum Gasteiger partial charge on any atom is 0.145 e. The molecule has 0 aliphatic heterocycles. The van der Waals surface area contributed by atoms with E-state index >= 15 is 0 Å². The van der Waals surface area contributed by atoms with E-state index in [0.717, 1.165) is 145 Å². The Hall–Kier alpha value is -11.0. The minimum Gasteiger partial charge on any atom is -0.299 e. The highest BCUT2D eigenvalue weighted by Gasteiger charge is 2.25. The predicted molar refractivity (Wildman–Crippen MR) is 326 cm³/mol. The lowest BCUT2D eigenvalue weighted by molar-refractivity contribution is 1.16. The van der Waals surface area contributed by atoms with Crippen LogP contribution >= 0.6 is 0 Å². The van der Waals surface area contributed by atoms with Crippen molar-refractivity contribution in [3.63, 3.8) is 0 Å². The molecule has 9 aromatic carbocycles. The van der Waals surface area contributed by atoms with Gasteiger partial charge in [-0.2, -0.15) is 0 Å². The molecule has 0 saturated heterocycles. The number of rotatable bonds is 8. The summed E-state index contributed by atoms with van der Waals surface area (Å²) in [7, 11) is 0. The van der Waals surface area contributed by atoms with Crippen molar-refractivity contribution in [2.75, 3.05) is 0 Å². The van der Waals surface area contributed by atoms with Crippen LogP contribution < -0.4 is 0 Å². The molecule has 80 heavy (non-hydrogen) atoms. The fourth-order valence-corrected chi connectivity index (χ4v) is 12.6. The molecule has 8 aromatic heterocycles. The smallest absolute Gasteiger partial charge is 0.145 e. The summed E-state index contributed by atoms with van der Waals surface area (Å²) in [5.41, 5.74) is 16.1. The van der Waals surface area contributed by atoms with Crippen molar-refractivity contribution in [3.8, 4) is 90.6 Å². The van der Waals surface area contributed by atoms with Crippen LogP contribution in [0.2, 0.25) is 0 Å². The van der Waals surface area contributed by atoms with Crippen LogP contribution in [0.3, 0.4) is 0 Å². The van der Waals surface area contributed by atoms with E-state index in [4.69, 9.17) is 19.9 Å². The zero-order valence-electron chi connectivity index (χ0n) is 43.0. The molecule has 0 fully saturated rings. The molecule has 8 nitrogen and oxygen atoms in total. The van der Waals surface area contributed by atoms with Crippen LogP contribution in [-0.4, -0.2) is 37.5 Å². The van der Waals surface area contributed by atoms with Gasteiger partial charge in [0.1, 0.15) is 23.3 Å². The van der Waals surface area contributed by atoms with Gasteiger partial charge in [0.25, 0.3) is 0 Å². The fourth-order valence-electron chi connectivity index (χ4n) is 12.6. The Labute approximate surface area is 458 Å². The largest absolute Gasteiger partial charge is 0.299 e. The van der Waals surface area contributed by atoms with Gasteiger partial charge in [-0.05, 0) is 140 Å². The molecule has 0 N–H and O–H groups in total. The number of aromatic nitrogens is 8. The average molecular weight is 1020 g/mol. The highest BCUT2D eigenvalue weighted by molar-refractivity contribution is 6.35. The number of hydrogen-bond donors (Lipinski definition) is 0. The molecule has 0 amide bonds. The van der Waals surface area contributed by atoms with Gasteiger partial charge in [-0.1, -0.05) is 146 Å². The van der Waals surface area contributed by atoms with Crippen molar-refractivity contribution in [3.05, 3.63) is 267 Å². The first-order valence-corrected chi connectivity index (χ1v) is 27.0. The molecular weight excluding hydrogens is 977 g/mol. The minimum absolute atomic E-state index is 0.891. The van der Waals surface area contributed by atoms with Crippen LogP contribution in [0.5, 0.6) is 0 Å². The van der Waals surface area contributed by atoms with Crippen LogP contribution in [0.1, 0.15) is 0 Å². The molecule has 372 valence electrons. The summed E-state index contributed by atoms with van der Waals surface area (Å²) in [4.78, 5) is 22.2. The van der Waals surface area contributed by atoms with Gasteiger partial charge < -0.3 is 0 Å². The molecule has 8 heterocycles. The summed E-state index contributed by atoms with van der Waals surface area (Å²) in [5, 5.41) is 9.05. The maximum absolute atomic E-state index is 5.55. The van der Waals surface area contributed by atoms with Gasteiger partial charge in [0.05, 0.1) is 44.8 Å². The van der Waals surface area contributed by atoms with Crippen LogP contribution in [0.25, 0.3) is 156 Å². The Kier molecular flexibility index (Phi) is 9.54. The van der Waals surface area contributed by atoms with E-state index in [1.165, 1.54) is 10.8 Å². The molecule has 0 unspecified atom stereocenters. The summed E-state index contributed by atoms with van der Waals surface area (Å²) in [6, 6.07) is 86.4. The number of nitrogens with zero attached hydrogens (tertiary/aromatic N) is 8. The Morgan fingerprint density at radius 1 is 0.212 bits per heavy atom. The summed E-state index contributed by atoms with van der Waals surface area (Å²) >= 11 is 0. The van der Waals surface area contributed by atoms with Gasteiger partial charge in [0, 0.05) is 69.3 Å². The van der Waals surface area contributed by atoms with Crippen molar-refractivity contribution >= 4 is 65.2 Å². The van der Waals surface area contributed by atoms with Gasteiger partial charge in [-0.3, -0.25) is 17.6 Å². The molecule has 0 atom stereocenters. The molecule has 0 bridgehead atoms. The van der Waals surface area contributed by atoms with E-state index in [0.29, 0.717) is 0 Å². The molecule has 17 rings (SSSR count). The lowest BCUT2D eigenvalue weighted by Crippen LogP contribution is -1.93. The molecule has 0 radical (unpaired) electrons. The number of fused-ring (bicyclic) bond motifs is 6. The molecular formula is C72H44N8. The van der Waals surface area contributed by atoms with Crippen LogP contribution in [-0.2, 0) is 0 Å². The van der Waals surface area contributed by atoms with Crippen LogP contribution in [0.4, 0.5) is 0 Å². The van der Waals surface area contributed by atoms with E-state index in [2.05, 4.69) is 285 Å². The highest BCUT2D eigenvalue weighted by Crippen LogP contribution is 2.48. The maximum atomic E-state index is 5.55. The van der Waals surface area contributed by atoms with E-state index in [9.17, 15) is 0 Å². The monoisotopic (exact) mass is 1020 g/mol. The summed E-state index contributed by atoms with van der Waals surface area (Å²) < 4.78 is 8.88. The minimum atomic E-state index is 0.891. The van der Waals surface area contributed by atoms with Gasteiger partial charge in [-0.25, -0.2) is 19.9 Å². The fraction of sp³-hybridized carbons (Fsp3) is 0. The number of imidazole rings is 4. The summed E-state index contributed by atoms with van der Waals surface area (Å²) in [6.07, 6.45) is 8.48. The normalized spacial score (nSPS) is 12.0. The third-order valence-corrected chi connectivity index (χ3v) is 16.1. The van der Waals surface area contributed by atoms with Gasteiger partial charge in [0.2, 0.25) is 0 Å². The Morgan fingerprint density at radius 3 is 0.675 bits per heavy atom. The second-order valence-electron chi connectivity index (χ2n) is 20.7. The topological polar surface area (TPSA) is 69.2 Å². The van der Waals surface area contributed by atoms with Crippen molar-refractivity contribution in [1.82, 2.24) is 37.5 Å². The first-order chi connectivity index (χ1) is 39.7. The lowest BCUT2D eigenvalue weighted by atomic mass is 9.85. The molecule has 0 saturated carbocycles. The zero-order valence-corrected chi connectivity index (χ0v) is 43.0. The number of hydrogen-bond acceptors (Lipinski definition) is 4. The van der Waals surface area contributed by atoms with Crippen molar-refractivity contribution in [2.24, 2.45) is 0 Å². The average Bonchev–Trinajstić information content (AvgIpc) is 4.39. The molecule has 8 heteroatoms. The summed E-state index contributed by atoms with van der Waals surface area (Å²) in [6.45, 7) is 0. The van der Waals surface area contributed by atoms with Gasteiger partial charge in [-0.15, -0.1) is 0 Å². The quantitative estimate of drug-likeness (QED) is 0.112. The third-order valence-electron chi connectivity index (χ3n) is 16.1. The van der Waals surface area contributed by atoms with Crippen LogP contribution in [0.15, 0.2) is 267 Å². The van der Waals surface area contributed by atoms with Crippen molar-refractivity contribution in [2.45, 2.75) is 0 Å². The Balaban J connectivity index is 1.02. The standard InChI is InChI=1S/C72H44N8/c1-5-21-45(22-6-1)69-73-65(59-29-13-17-33-77(59)69)51-37-49-38-52(66-60-30-14-18-34-78(60)70(74-66)46-23-7-2-8-24-46)43-57-58-44-54(68-62-32-16-20-36-80(62)72(76-68)48-27-11-4-12-28-48)40-50-39-53(42-56(64(50)58)55(41-51)63(49)57)67-61-31-15-19-35-79(61)71(75-67)47-25-9-3-10-26-47/h1-44H. The first kappa shape index (κ1) is 44.2. The van der Waals surface area contributed by atoms with E-state index in [1.807, 2.05) is 0 Å². The molecule has 0 spiro atoms. The van der Waals surface area contributed by atoms with E-state index < -0.39 is 0 Å². The van der Waals surface area contributed by atoms with E-state index in [-0.39, 0.29) is 0 Å². The SMILES string of the molecule is c1ccc(-c2nc(-c3cc4cc(-c5nc(-c6ccccc6)n6ccccc56)cc5c6cc(-c7nc(-c8ccccc8)n8ccccc78)cc7cc(-c8nc(-c9ccccc9)n9ccccc89)cc(c(c3)c45)c76)c3ccccn23)cc1. The number of pyridine rings is 4. The van der Waals surface area contributed by atoms with E-state index in [1.54, 1.807) is 0 Å². The summed E-state index contributed by atoms with van der Waals surface area (Å²) in [5.74, 6) is 3.57. The second-order valence-corrected chi connectivity index (χ2v) is 20.7. The Bertz CT molecular complexity index is 4630. The van der Waals surface area contributed by atoms with Crippen molar-refractivity contribution < 1.29 is 0 Å². The first-order valence-electron chi connectivity index (χ1n) is 27.0. The highest BCUT2D eigenvalue weighted by atomic mass is 15.0. The lowest BCUT2D eigenvalue weighted by Gasteiger charge is -2.19. The molecule has 17 aromatic rings. The third kappa shape index (κ3) is 6.69. The number of benzene rings is 9. The van der Waals surface area contributed by atoms with Gasteiger partial charge in [0.15, 0.2) is 0 Å². The zero-order chi connectivity index (χ0) is 52.4. The predicted octanol–water partition coefficient (Wildman–Crippen LogP) is 17.7. The molecule has 0 aliphatic rings. The van der Waals surface area contributed by atoms with Gasteiger partial charge >= 0.3 is 0 Å². The van der Waals surface area contributed by atoms with Crippen molar-refractivity contribution in [1.29, 1.82) is 0 Å². The van der Waals surface area contributed by atoms with Crippen LogP contribution in [0, 0.1) is 0 Å². The molecule has 0 aliphatic carbocycles.